The number of carbonyl (C=O) groups is 1. The zero-order valence-corrected chi connectivity index (χ0v) is 11.3. The number of nitrogens with zero attached hydrogens (tertiary/aromatic N) is 1. The molecule has 2 rings (SSSR count). The Morgan fingerprint density at radius 2 is 2.24 bits per heavy atom. The van der Waals surface area contributed by atoms with Crippen LogP contribution in [0.3, 0.4) is 0 Å². The Hall–Kier alpha value is -0.870. The zero-order chi connectivity index (χ0) is 12.3. The van der Waals surface area contributed by atoms with Gasteiger partial charge in [0.15, 0.2) is 0 Å². The minimum absolute atomic E-state index is 0.202. The zero-order valence-electron chi connectivity index (χ0n) is 9.73. The van der Waals surface area contributed by atoms with E-state index in [1.54, 1.807) is 0 Å². The van der Waals surface area contributed by atoms with Gasteiger partial charge in [0.05, 0.1) is 6.42 Å². The molecule has 1 atom stereocenters. The normalized spacial score (nSPS) is 19.6. The van der Waals surface area contributed by atoms with Crippen molar-refractivity contribution in [2.24, 2.45) is 11.7 Å². The first-order valence-electron chi connectivity index (χ1n) is 5.92. The maximum atomic E-state index is 12.1. The van der Waals surface area contributed by atoms with Crippen molar-refractivity contribution in [3.05, 3.63) is 34.3 Å². The lowest BCUT2D eigenvalue weighted by molar-refractivity contribution is -0.129. The predicted molar refractivity (Wildman–Crippen MR) is 71.6 cm³/mol. The molecule has 0 spiro atoms. The number of carbonyl (C=O) groups excluding carboxylic acids is 1. The van der Waals surface area contributed by atoms with Crippen LogP contribution in [-0.4, -0.2) is 30.4 Å². The average Bonchev–Trinajstić information content (AvgIpc) is 2.81. The number of halogens is 1. The number of hydrogen-bond acceptors (Lipinski definition) is 2. The van der Waals surface area contributed by atoms with E-state index in [9.17, 15) is 4.79 Å². The Labute approximate surface area is 110 Å². The molecule has 92 valence electrons. The Kier molecular flexibility index (Phi) is 4.18. The predicted octanol–water partition coefficient (Wildman–Crippen LogP) is 1.80. The van der Waals surface area contributed by atoms with E-state index in [1.807, 2.05) is 29.2 Å². The van der Waals surface area contributed by atoms with Crippen LogP contribution in [0.5, 0.6) is 0 Å². The molecule has 0 saturated carbocycles. The Morgan fingerprint density at radius 3 is 2.88 bits per heavy atom. The number of nitrogens with two attached hydrogens (primary N) is 1. The van der Waals surface area contributed by atoms with Gasteiger partial charge in [0.25, 0.3) is 0 Å². The summed E-state index contributed by atoms with van der Waals surface area (Å²) in [5, 5.41) is 0. The van der Waals surface area contributed by atoms with E-state index in [1.165, 1.54) is 0 Å². The van der Waals surface area contributed by atoms with Gasteiger partial charge in [-0.3, -0.25) is 4.79 Å². The van der Waals surface area contributed by atoms with Gasteiger partial charge < -0.3 is 10.6 Å². The van der Waals surface area contributed by atoms with Gasteiger partial charge in [-0.25, -0.2) is 0 Å². The first-order chi connectivity index (χ1) is 8.20. The number of likely N-dealkylation sites (tertiary alicyclic amines) is 1. The van der Waals surface area contributed by atoms with E-state index in [2.05, 4.69) is 15.9 Å². The van der Waals surface area contributed by atoms with E-state index >= 15 is 0 Å². The number of rotatable bonds is 3. The van der Waals surface area contributed by atoms with Crippen molar-refractivity contribution in [2.45, 2.75) is 12.8 Å². The van der Waals surface area contributed by atoms with E-state index in [-0.39, 0.29) is 5.91 Å². The highest BCUT2D eigenvalue weighted by molar-refractivity contribution is 9.10. The topological polar surface area (TPSA) is 46.3 Å². The van der Waals surface area contributed by atoms with Crippen LogP contribution in [0, 0.1) is 5.92 Å². The minimum Gasteiger partial charge on any atom is -0.342 e. The SMILES string of the molecule is NC[C@H]1CCN(C(=O)Cc2ccccc2Br)C1. The number of hydrogen-bond donors (Lipinski definition) is 1. The van der Waals surface area contributed by atoms with Crippen molar-refractivity contribution in [1.29, 1.82) is 0 Å². The fraction of sp³-hybridized carbons (Fsp3) is 0.462. The molecule has 1 aromatic carbocycles. The van der Waals surface area contributed by atoms with Crippen molar-refractivity contribution in [2.75, 3.05) is 19.6 Å². The lowest BCUT2D eigenvalue weighted by Gasteiger charge is -2.16. The van der Waals surface area contributed by atoms with Crippen molar-refractivity contribution in [3.8, 4) is 0 Å². The molecular formula is C13H17BrN2O. The second-order valence-corrected chi connectivity index (χ2v) is 5.35. The standard InChI is InChI=1S/C13H17BrN2O/c14-12-4-2-1-3-11(12)7-13(17)16-6-5-10(8-15)9-16/h1-4,10H,5-9,15H2/t10-/m1/s1. The molecule has 0 aliphatic carbocycles. The smallest absolute Gasteiger partial charge is 0.227 e. The lowest BCUT2D eigenvalue weighted by Crippen LogP contribution is -2.31. The van der Waals surface area contributed by atoms with Crippen molar-refractivity contribution >= 4 is 21.8 Å². The van der Waals surface area contributed by atoms with Crippen LogP contribution in [0.2, 0.25) is 0 Å². The number of amides is 1. The summed E-state index contributed by atoms with van der Waals surface area (Å²) in [4.78, 5) is 14.0. The molecule has 0 unspecified atom stereocenters. The molecule has 3 nitrogen and oxygen atoms in total. The summed E-state index contributed by atoms with van der Waals surface area (Å²) in [6, 6.07) is 7.87. The largest absolute Gasteiger partial charge is 0.342 e. The van der Waals surface area contributed by atoms with Gasteiger partial charge in [-0.15, -0.1) is 0 Å². The van der Waals surface area contributed by atoms with Gasteiger partial charge in [-0.1, -0.05) is 34.1 Å². The van der Waals surface area contributed by atoms with Crippen LogP contribution in [0.15, 0.2) is 28.7 Å². The van der Waals surface area contributed by atoms with Gasteiger partial charge in [-0.2, -0.15) is 0 Å². The van der Waals surface area contributed by atoms with Gasteiger partial charge in [-0.05, 0) is 30.5 Å². The average molecular weight is 297 g/mol. The molecule has 17 heavy (non-hydrogen) atoms. The first kappa shape index (κ1) is 12.6. The molecule has 1 saturated heterocycles. The van der Waals surface area contributed by atoms with E-state index in [0.29, 0.717) is 18.9 Å². The highest BCUT2D eigenvalue weighted by Crippen LogP contribution is 2.20. The third-order valence-electron chi connectivity index (χ3n) is 3.27. The van der Waals surface area contributed by atoms with Crippen molar-refractivity contribution in [3.63, 3.8) is 0 Å². The third kappa shape index (κ3) is 3.07. The van der Waals surface area contributed by atoms with Crippen LogP contribution in [0.25, 0.3) is 0 Å². The summed E-state index contributed by atoms with van der Waals surface area (Å²) in [7, 11) is 0. The Morgan fingerprint density at radius 1 is 1.47 bits per heavy atom. The highest BCUT2D eigenvalue weighted by Gasteiger charge is 2.25. The van der Waals surface area contributed by atoms with Crippen molar-refractivity contribution in [1.82, 2.24) is 4.90 Å². The molecule has 1 aliphatic heterocycles. The fourth-order valence-electron chi connectivity index (χ4n) is 2.17. The van der Waals surface area contributed by atoms with Crippen LogP contribution >= 0.6 is 15.9 Å². The molecule has 1 heterocycles. The summed E-state index contributed by atoms with van der Waals surface area (Å²) in [5.74, 6) is 0.686. The summed E-state index contributed by atoms with van der Waals surface area (Å²) >= 11 is 3.47. The minimum atomic E-state index is 0.202. The summed E-state index contributed by atoms with van der Waals surface area (Å²) in [6.07, 6.45) is 1.51. The van der Waals surface area contributed by atoms with Crippen LogP contribution in [0.4, 0.5) is 0 Å². The molecule has 2 N–H and O–H groups in total. The monoisotopic (exact) mass is 296 g/mol. The Balaban J connectivity index is 1.96. The number of benzene rings is 1. The fourth-order valence-corrected chi connectivity index (χ4v) is 2.59. The van der Waals surface area contributed by atoms with Crippen LogP contribution < -0.4 is 5.73 Å². The van der Waals surface area contributed by atoms with Gasteiger partial charge in [0.2, 0.25) is 5.91 Å². The van der Waals surface area contributed by atoms with Gasteiger partial charge in [0, 0.05) is 17.6 Å². The maximum absolute atomic E-state index is 12.1. The molecule has 0 radical (unpaired) electrons. The molecule has 0 aromatic heterocycles. The molecular weight excluding hydrogens is 280 g/mol. The van der Waals surface area contributed by atoms with Crippen LogP contribution in [-0.2, 0) is 11.2 Å². The Bertz CT molecular complexity index is 408. The van der Waals surface area contributed by atoms with E-state index in [4.69, 9.17) is 5.73 Å². The highest BCUT2D eigenvalue weighted by atomic mass is 79.9. The molecule has 1 amide bonds. The summed E-state index contributed by atoms with van der Waals surface area (Å²) < 4.78 is 1.00. The first-order valence-corrected chi connectivity index (χ1v) is 6.71. The lowest BCUT2D eigenvalue weighted by atomic mass is 10.1. The van der Waals surface area contributed by atoms with E-state index < -0.39 is 0 Å². The van der Waals surface area contributed by atoms with Gasteiger partial charge >= 0.3 is 0 Å². The second-order valence-electron chi connectivity index (χ2n) is 4.50. The molecule has 1 aliphatic rings. The third-order valence-corrected chi connectivity index (χ3v) is 4.05. The van der Waals surface area contributed by atoms with E-state index in [0.717, 1.165) is 29.5 Å². The quantitative estimate of drug-likeness (QED) is 0.924. The second kappa shape index (κ2) is 5.65. The van der Waals surface area contributed by atoms with Crippen molar-refractivity contribution < 1.29 is 4.79 Å². The summed E-state index contributed by atoms with van der Waals surface area (Å²) in [5.41, 5.74) is 6.68. The molecule has 1 fully saturated rings. The summed E-state index contributed by atoms with van der Waals surface area (Å²) in [6.45, 7) is 2.35. The maximum Gasteiger partial charge on any atom is 0.227 e. The molecule has 4 heteroatoms. The van der Waals surface area contributed by atoms with Gasteiger partial charge in [0.1, 0.15) is 0 Å². The van der Waals surface area contributed by atoms with Crippen LogP contribution in [0.1, 0.15) is 12.0 Å². The molecule has 1 aromatic rings. The molecule has 0 bridgehead atoms.